The predicted molar refractivity (Wildman–Crippen MR) is 123 cm³/mol. The van der Waals surface area contributed by atoms with Crippen molar-refractivity contribution in [2.45, 2.75) is 24.7 Å². The van der Waals surface area contributed by atoms with Crippen LogP contribution < -0.4 is 14.8 Å². The number of carbonyl (C=O) groups excluding carboxylic acids is 1. The molecule has 0 saturated carbocycles. The van der Waals surface area contributed by atoms with Gasteiger partial charge in [-0.2, -0.15) is 0 Å². The minimum atomic E-state index is -0.396. The number of hydrogen-bond donors (Lipinski definition) is 1. The number of aromatic nitrogens is 3. The number of allylic oxidation sites excluding steroid dienone is 1. The maximum Gasteiger partial charge on any atom is 0.234 e. The summed E-state index contributed by atoms with van der Waals surface area (Å²) in [6.45, 7) is 6.16. The Hall–Kier alpha value is -2.97. The van der Waals surface area contributed by atoms with Crippen molar-refractivity contribution in [2.24, 2.45) is 0 Å². The van der Waals surface area contributed by atoms with Gasteiger partial charge in [0.1, 0.15) is 11.5 Å². The Labute approximate surface area is 190 Å². The summed E-state index contributed by atoms with van der Waals surface area (Å²) in [5, 5.41) is 12.5. The van der Waals surface area contributed by atoms with Crippen LogP contribution in [0.1, 0.15) is 18.9 Å². The number of ether oxygens (including phenoxy) is 2. The summed E-state index contributed by atoms with van der Waals surface area (Å²) in [6, 6.07) is 14.4. The molecule has 0 bridgehead atoms. The lowest BCUT2D eigenvalue weighted by atomic mass is 10.3. The summed E-state index contributed by atoms with van der Waals surface area (Å²) in [7, 11) is 1.58. The summed E-state index contributed by atoms with van der Waals surface area (Å²) in [4.78, 5) is 12.4. The molecule has 3 aromatic rings. The lowest BCUT2D eigenvalue weighted by Crippen LogP contribution is -2.15. The molecule has 9 heteroatoms. The van der Waals surface area contributed by atoms with Gasteiger partial charge in [-0.3, -0.25) is 9.36 Å². The number of nitrogens with zero attached hydrogens (tertiary/aromatic N) is 3. The molecule has 1 aromatic heterocycles. The summed E-state index contributed by atoms with van der Waals surface area (Å²) in [6.07, 6.45) is 1.35. The first-order chi connectivity index (χ1) is 15.0. The molecule has 0 aliphatic heterocycles. The van der Waals surface area contributed by atoms with Gasteiger partial charge in [0.2, 0.25) is 5.91 Å². The van der Waals surface area contributed by atoms with Gasteiger partial charge < -0.3 is 14.8 Å². The molecular formula is C22H23ClN4O3S. The van der Waals surface area contributed by atoms with E-state index >= 15 is 0 Å². The van der Waals surface area contributed by atoms with Gasteiger partial charge in [0.05, 0.1) is 17.9 Å². The van der Waals surface area contributed by atoms with Crippen LogP contribution in [-0.4, -0.2) is 33.5 Å². The molecule has 3 rings (SSSR count). The number of halogens is 1. The Morgan fingerprint density at radius 1 is 1.29 bits per heavy atom. The highest BCUT2D eigenvalue weighted by molar-refractivity contribution is 7.99. The van der Waals surface area contributed by atoms with Gasteiger partial charge in [-0.1, -0.05) is 47.6 Å². The number of para-hydroxylation sites is 1. The van der Waals surface area contributed by atoms with Crippen LogP contribution >= 0.6 is 23.4 Å². The van der Waals surface area contributed by atoms with Crippen molar-refractivity contribution >= 4 is 35.0 Å². The predicted octanol–water partition coefficient (Wildman–Crippen LogP) is 5.00. The maximum atomic E-state index is 12.4. The molecule has 1 N–H and O–H groups in total. The third kappa shape index (κ3) is 6.02. The lowest BCUT2D eigenvalue weighted by molar-refractivity contribution is -0.113. The number of amides is 1. The number of carbonyl (C=O) groups is 1. The van der Waals surface area contributed by atoms with E-state index in [0.29, 0.717) is 39.7 Å². The number of hydrogen-bond acceptors (Lipinski definition) is 6. The second-order valence-corrected chi connectivity index (χ2v) is 7.85. The molecule has 31 heavy (non-hydrogen) atoms. The minimum Gasteiger partial charge on any atom is -0.497 e. The first kappa shape index (κ1) is 22.7. The summed E-state index contributed by atoms with van der Waals surface area (Å²) < 4.78 is 13.0. The zero-order valence-electron chi connectivity index (χ0n) is 17.2. The van der Waals surface area contributed by atoms with E-state index < -0.39 is 6.10 Å². The van der Waals surface area contributed by atoms with Crippen LogP contribution in [0.4, 0.5) is 5.69 Å². The molecule has 0 aliphatic carbocycles. The van der Waals surface area contributed by atoms with Gasteiger partial charge in [0, 0.05) is 18.3 Å². The molecule has 7 nitrogen and oxygen atoms in total. The van der Waals surface area contributed by atoms with E-state index in [0.717, 1.165) is 0 Å². The highest BCUT2D eigenvalue weighted by Crippen LogP contribution is 2.29. The van der Waals surface area contributed by atoms with E-state index in [1.165, 1.54) is 11.8 Å². The third-order valence-corrected chi connectivity index (χ3v) is 5.53. The van der Waals surface area contributed by atoms with Gasteiger partial charge in [0.25, 0.3) is 0 Å². The van der Waals surface area contributed by atoms with Crippen molar-refractivity contribution in [3.05, 3.63) is 72.0 Å². The summed E-state index contributed by atoms with van der Waals surface area (Å²) in [5.74, 6) is 1.88. The average molecular weight is 459 g/mol. The van der Waals surface area contributed by atoms with E-state index in [1.54, 1.807) is 37.5 Å². The smallest absolute Gasteiger partial charge is 0.234 e. The van der Waals surface area contributed by atoms with Crippen LogP contribution in [0.25, 0.3) is 0 Å². The molecule has 0 spiro atoms. The molecular weight excluding hydrogens is 436 g/mol. The zero-order chi connectivity index (χ0) is 22.2. The van der Waals surface area contributed by atoms with Crippen LogP contribution in [-0.2, 0) is 11.3 Å². The van der Waals surface area contributed by atoms with Crippen molar-refractivity contribution < 1.29 is 14.3 Å². The fourth-order valence-corrected chi connectivity index (χ4v) is 3.75. The van der Waals surface area contributed by atoms with Crippen LogP contribution in [0.3, 0.4) is 0 Å². The minimum absolute atomic E-state index is 0.159. The van der Waals surface area contributed by atoms with Crippen molar-refractivity contribution in [3.8, 4) is 11.5 Å². The molecule has 162 valence electrons. The number of rotatable bonds is 10. The molecule has 1 unspecified atom stereocenters. The summed E-state index contributed by atoms with van der Waals surface area (Å²) >= 11 is 7.48. The molecule has 1 atom stereocenters. The zero-order valence-corrected chi connectivity index (χ0v) is 18.8. The van der Waals surface area contributed by atoms with E-state index in [2.05, 4.69) is 22.1 Å². The topological polar surface area (TPSA) is 78.3 Å². The number of nitrogens with one attached hydrogen (secondary N) is 1. The van der Waals surface area contributed by atoms with Gasteiger partial charge >= 0.3 is 0 Å². The Balaban J connectivity index is 1.67. The Morgan fingerprint density at radius 3 is 2.84 bits per heavy atom. The van der Waals surface area contributed by atoms with E-state index in [9.17, 15) is 4.79 Å². The number of benzene rings is 2. The van der Waals surface area contributed by atoms with Gasteiger partial charge in [0.15, 0.2) is 17.1 Å². The van der Waals surface area contributed by atoms with Gasteiger partial charge in [-0.25, -0.2) is 0 Å². The van der Waals surface area contributed by atoms with Crippen LogP contribution in [0.15, 0.2) is 66.3 Å². The third-order valence-electron chi connectivity index (χ3n) is 4.25. The fourth-order valence-electron chi connectivity index (χ4n) is 2.82. The highest BCUT2D eigenvalue weighted by atomic mass is 35.5. The first-order valence-electron chi connectivity index (χ1n) is 9.53. The monoisotopic (exact) mass is 458 g/mol. The van der Waals surface area contributed by atoms with Crippen LogP contribution in [0.2, 0.25) is 5.02 Å². The largest absolute Gasteiger partial charge is 0.497 e. The normalized spacial score (nSPS) is 11.6. The van der Waals surface area contributed by atoms with Crippen molar-refractivity contribution in [2.75, 3.05) is 18.2 Å². The molecule has 0 radical (unpaired) electrons. The Morgan fingerprint density at radius 2 is 2.10 bits per heavy atom. The van der Waals surface area contributed by atoms with Gasteiger partial charge in [-0.05, 0) is 31.2 Å². The van der Waals surface area contributed by atoms with Crippen LogP contribution in [0, 0.1) is 0 Å². The molecule has 0 aliphatic rings. The Kier molecular flexibility index (Phi) is 7.97. The second-order valence-electron chi connectivity index (χ2n) is 6.50. The molecule has 0 saturated heterocycles. The van der Waals surface area contributed by atoms with E-state index in [4.69, 9.17) is 21.1 Å². The van der Waals surface area contributed by atoms with E-state index in [1.807, 2.05) is 35.8 Å². The first-order valence-corrected chi connectivity index (χ1v) is 10.9. The molecule has 0 fully saturated rings. The van der Waals surface area contributed by atoms with Crippen LogP contribution in [0.5, 0.6) is 11.5 Å². The molecule has 1 amide bonds. The number of thioether (sulfide) groups is 1. The average Bonchev–Trinajstić information content (AvgIpc) is 3.17. The Bertz CT molecular complexity index is 1060. The second kappa shape index (κ2) is 10.9. The maximum absolute atomic E-state index is 12.4. The lowest BCUT2D eigenvalue weighted by Gasteiger charge is -2.16. The summed E-state index contributed by atoms with van der Waals surface area (Å²) in [5.41, 5.74) is 0.667. The molecule has 2 aromatic carbocycles. The number of anilines is 1. The number of methoxy groups -OCH3 is 1. The van der Waals surface area contributed by atoms with E-state index in [-0.39, 0.29) is 11.7 Å². The SMILES string of the molecule is C=CCn1c(SCC(=O)Nc2cccc(OC)c2)nnc1C(C)Oc1ccccc1Cl. The highest BCUT2D eigenvalue weighted by Gasteiger charge is 2.20. The van der Waals surface area contributed by atoms with Crippen molar-refractivity contribution in [3.63, 3.8) is 0 Å². The van der Waals surface area contributed by atoms with Gasteiger partial charge in [-0.15, -0.1) is 16.8 Å². The van der Waals surface area contributed by atoms with Crippen molar-refractivity contribution in [1.82, 2.24) is 14.8 Å². The fraction of sp³-hybridized carbons (Fsp3) is 0.227. The standard InChI is InChI=1S/C22H23ClN4O3S/c1-4-12-27-21(15(2)30-19-11-6-5-10-18(19)23)25-26-22(27)31-14-20(28)24-16-8-7-9-17(13-16)29-3/h4-11,13,15H,1,12,14H2,2-3H3,(H,24,28). The molecule has 1 heterocycles. The van der Waals surface area contributed by atoms with Crippen molar-refractivity contribution in [1.29, 1.82) is 0 Å². The quantitative estimate of drug-likeness (QED) is 0.340.